The molecule has 3 aromatic rings. The second-order valence-electron chi connectivity index (χ2n) is 4.56. The number of hydrogen-bond donors (Lipinski definition) is 0. The molecule has 116 valence electrons. The third kappa shape index (κ3) is 3.52. The fourth-order valence-electron chi connectivity index (χ4n) is 2.01. The van der Waals surface area contributed by atoms with E-state index in [-0.39, 0.29) is 0 Å². The first-order valence-corrected chi connectivity index (χ1v) is 8.37. The van der Waals surface area contributed by atoms with Crippen LogP contribution in [0.15, 0.2) is 58.1 Å². The molecule has 0 atom stereocenters. The molecule has 0 unspecified atom stereocenters. The molecule has 4 nitrogen and oxygen atoms in total. The molecular weight excluding hydrogens is 351 g/mol. The predicted octanol–water partition coefficient (Wildman–Crippen LogP) is 4.33. The van der Waals surface area contributed by atoms with Crippen LogP contribution < -0.4 is 4.80 Å². The quantitative estimate of drug-likeness (QED) is 0.639. The number of hydrogen-bond acceptors (Lipinski definition) is 4. The van der Waals surface area contributed by atoms with Gasteiger partial charge < -0.3 is 0 Å². The van der Waals surface area contributed by atoms with E-state index in [4.69, 9.17) is 23.2 Å². The summed E-state index contributed by atoms with van der Waals surface area (Å²) in [5, 5.41) is 7.63. The van der Waals surface area contributed by atoms with Crippen LogP contribution in [0, 0.1) is 0 Å². The van der Waals surface area contributed by atoms with Crippen molar-refractivity contribution in [2.75, 3.05) is 7.05 Å². The van der Waals surface area contributed by atoms with Crippen LogP contribution in [-0.2, 0) is 0 Å². The minimum atomic E-state index is 0.569. The summed E-state index contributed by atoms with van der Waals surface area (Å²) >= 11 is 13.8. The normalized spacial score (nSPS) is 12.2. The van der Waals surface area contributed by atoms with Crippen LogP contribution in [0.25, 0.3) is 11.3 Å². The van der Waals surface area contributed by atoms with Crippen LogP contribution in [0.1, 0.15) is 5.69 Å². The Morgan fingerprint density at radius 2 is 2.09 bits per heavy atom. The maximum atomic E-state index is 6.32. The molecule has 3 rings (SSSR count). The SMILES string of the molecule is CN=c1scc(-c2ccc(Cl)cc2Cl)n1/N=C\c1ccccn1. The van der Waals surface area contributed by atoms with E-state index >= 15 is 0 Å². The summed E-state index contributed by atoms with van der Waals surface area (Å²) in [7, 11) is 1.73. The van der Waals surface area contributed by atoms with Gasteiger partial charge in [0.2, 0.25) is 4.80 Å². The number of nitrogens with zero attached hydrogens (tertiary/aromatic N) is 4. The predicted molar refractivity (Wildman–Crippen MR) is 96.5 cm³/mol. The monoisotopic (exact) mass is 362 g/mol. The molecule has 0 radical (unpaired) electrons. The van der Waals surface area contributed by atoms with Gasteiger partial charge in [0, 0.05) is 29.2 Å². The Morgan fingerprint density at radius 3 is 2.78 bits per heavy atom. The Bertz CT molecular complexity index is 913. The topological polar surface area (TPSA) is 42.5 Å². The number of thiazole rings is 1. The Labute approximate surface area is 147 Å². The Hall–Kier alpha value is -1.95. The van der Waals surface area contributed by atoms with Gasteiger partial charge in [0.25, 0.3) is 0 Å². The van der Waals surface area contributed by atoms with Gasteiger partial charge in [-0.25, -0.2) is 4.68 Å². The lowest BCUT2D eigenvalue weighted by Crippen LogP contribution is -2.11. The summed E-state index contributed by atoms with van der Waals surface area (Å²) in [5.41, 5.74) is 2.46. The van der Waals surface area contributed by atoms with Crippen molar-refractivity contribution in [2.45, 2.75) is 0 Å². The largest absolute Gasteiger partial charge is 0.261 e. The van der Waals surface area contributed by atoms with Crippen LogP contribution in [0.3, 0.4) is 0 Å². The lowest BCUT2D eigenvalue weighted by Gasteiger charge is -2.06. The van der Waals surface area contributed by atoms with Gasteiger partial charge in [-0.1, -0.05) is 29.3 Å². The van der Waals surface area contributed by atoms with Crippen molar-refractivity contribution in [3.63, 3.8) is 0 Å². The van der Waals surface area contributed by atoms with E-state index in [0.717, 1.165) is 21.8 Å². The van der Waals surface area contributed by atoms with Gasteiger partial charge in [0.1, 0.15) is 0 Å². The van der Waals surface area contributed by atoms with E-state index in [9.17, 15) is 0 Å². The van der Waals surface area contributed by atoms with E-state index in [0.29, 0.717) is 10.0 Å². The summed E-state index contributed by atoms with van der Waals surface area (Å²) in [5.74, 6) is 0. The van der Waals surface area contributed by atoms with Gasteiger partial charge in [-0.05, 0) is 30.3 Å². The van der Waals surface area contributed by atoms with Crippen molar-refractivity contribution in [1.82, 2.24) is 9.66 Å². The second-order valence-corrected chi connectivity index (χ2v) is 6.24. The smallest absolute Gasteiger partial charge is 0.205 e. The maximum Gasteiger partial charge on any atom is 0.205 e. The average molecular weight is 363 g/mol. The highest BCUT2D eigenvalue weighted by Crippen LogP contribution is 2.30. The molecule has 0 fully saturated rings. The summed E-state index contributed by atoms with van der Waals surface area (Å²) in [6.45, 7) is 0. The zero-order valence-corrected chi connectivity index (χ0v) is 14.5. The molecular formula is C16H12Cl2N4S. The summed E-state index contributed by atoms with van der Waals surface area (Å²) in [6, 6.07) is 11.0. The van der Waals surface area contributed by atoms with Crippen molar-refractivity contribution in [3.8, 4) is 11.3 Å². The van der Waals surface area contributed by atoms with E-state index in [2.05, 4.69) is 15.1 Å². The average Bonchev–Trinajstić information content (AvgIpc) is 2.96. The van der Waals surface area contributed by atoms with Gasteiger partial charge in [-0.15, -0.1) is 11.3 Å². The van der Waals surface area contributed by atoms with E-state index in [1.807, 2.05) is 29.6 Å². The fraction of sp³-hybridized carbons (Fsp3) is 0.0625. The molecule has 0 amide bonds. The molecule has 0 N–H and O–H groups in total. The van der Waals surface area contributed by atoms with Gasteiger partial charge in [0.05, 0.1) is 22.6 Å². The zero-order valence-electron chi connectivity index (χ0n) is 12.1. The lowest BCUT2D eigenvalue weighted by molar-refractivity contribution is 0.847. The molecule has 0 saturated heterocycles. The molecule has 0 aliphatic heterocycles. The van der Waals surface area contributed by atoms with Gasteiger partial charge in [-0.3, -0.25) is 9.98 Å². The molecule has 2 aromatic heterocycles. The second kappa shape index (κ2) is 7.08. The van der Waals surface area contributed by atoms with Gasteiger partial charge >= 0.3 is 0 Å². The molecule has 0 aliphatic carbocycles. The number of aromatic nitrogens is 2. The molecule has 0 bridgehead atoms. The standard InChI is InChI=1S/C16H12Cl2N4S/c1-19-16-22(21-9-12-4-2-3-7-20-12)15(10-23-16)13-6-5-11(17)8-14(13)18/h2-10H,1H3/b19-16?,21-9-. The van der Waals surface area contributed by atoms with Crippen LogP contribution in [-0.4, -0.2) is 22.9 Å². The summed E-state index contributed by atoms with van der Waals surface area (Å²) in [4.78, 5) is 9.25. The maximum absolute atomic E-state index is 6.32. The van der Waals surface area contributed by atoms with Crippen LogP contribution in [0.2, 0.25) is 10.0 Å². The summed E-state index contributed by atoms with van der Waals surface area (Å²) < 4.78 is 1.74. The number of halogens is 2. The van der Waals surface area contributed by atoms with Crippen molar-refractivity contribution in [3.05, 3.63) is 68.5 Å². The van der Waals surface area contributed by atoms with Crippen LogP contribution in [0.5, 0.6) is 0 Å². The molecule has 1 aromatic carbocycles. The van der Waals surface area contributed by atoms with Gasteiger partial charge in [-0.2, -0.15) is 5.10 Å². The van der Waals surface area contributed by atoms with Crippen molar-refractivity contribution in [1.29, 1.82) is 0 Å². The van der Waals surface area contributed by atoms with Crippen molar-refractivity contribution < 1.29 is 0 Å². The Kier molecular flexibility index (Phi) is 4.91. The molecule has 0 aliphatic rings. The van der Waals surface area contributed by atoms with Gasteiger partial charge in [0.15, 0.2) is 0 Å². The van der Waals surface area contributed by atoms with Crippen LogP contribution in [0.4, 0.5) is 0 Å². The highest BCUT2D eigenvalue weighted by atomic mass is 35.5. The van der Waals surface area contributed by atoms with E-state index < -0.39 is 0 Å². The van der Waals surface area contributed by atoms with E-state index in [1.165, 1.54) is 11.3 Å². The Balaban J connectivity index is 2.10. The molecule has 2 heterocycles. The van der Waals surface area contributed by atoms with Crippen molar-refractivity contribution in [2.24, 2.45) is 10.1 Å². The molecule has 0 spiro atoms. The fourth-order valence-corrected chi connectivity index (χ4v) is 3.31. The number of rotatable bonds is 3. The van der Waals surface area contributed by atoms with E-state index in [1.54, 1.807) is 36.3 Å². The first-order chi connectivity index (χ1) is 11.2. The third-order valence-corrected chi connectivity index (χ3v) is 4.53. The number of benzene rings is 1. The molecule has 0 saturated carbocycles. The molecule has 7 heteroatoms. The minimum absolute atomic E-state index is 0.569. The molecule has 23 heavy (non-hydrogen) atoms. The van der Waals surface area contributed by atoms with Crippen LogP contribution >= 0.6 is 34.5 Å². The lowest BCUT2D eigenvalue weighted by atomic mass is 10.2. The first kappa shape index (κ1) is 15.9. The third-order valence-electron chi connectivity index (χ3n) is 3.08. The minimum Gasteiger partial charge on any atom is -0.261 e. The van der Waals surface area contributed by atoms with Crippen molar-refractivity contribution >= 4 is 40.8 Å². The highest BCUT2D eigenvalue weighted by molar-refractivity contribution is 7.07. The highest BCUT2D eigenvalue weighted by Gasteiger charge is 2.11. The first-order valence-electron chi connectivity index (χ1n) is 6.73. The Morgan fingerprint density at radius 1 is 1.22 bits per heavy atom. The number of pyridine rings is 1. The summed E-state index contributed by atoms with van der Waals surface area (Å²) in [6.07, 6.45) is 3.41. The zero-order chi connectivity index (χ0) is 16.2.